The summed E-state index contributed by atoms with van der Waals surface area (Å²) in [4.78, 5) is 6.10. The maximum atomic E-state index is 15.9. The van der Waals surface area contributed by atoms with Gasteiger partial charge in [-0.3, -0.25) is 0 Å². The molecule has 0 amide bonds. The highest BCUT2D eigenvalue weighted by Gasteiger charge is 2.52. The fraction of sp³-hybridized carbons (Fsp3) is 0.414. The number of benzene rings is 2. The number of anilines is 2. The van der Waals surface area contributed by atoms with Crippen LogP contribution in [0.2, 0.25) is 5.02 Å². The van der Waals surface area contributed by atoms with Gasteiger partial charge in [-0.2, -0.15) is 4.39 Å². The van der Waals surface area contributed by atoms with Gasteiger partial charge in [0, 0.05) is 31.8 Å². The fourth-order valence-corrected chi connectivity index (χ4v) is 7.02. The quantitative estimate of drug-likeness (QED) is 0.218. The highest BCUT2D eigenvalue weighted by atomic mass is 35.5. The summed E-state index contributed by atoms with van der Waals surface area (Å²) < 4.78 is 85.4. The summed E-state index contributed by atoms with van der Waals surface area (Å²) in [6.45, 7) is 4.25. The molecule has 1 atom stereocenters. The minimum Gasteiger partial charge on any atom is -0.497 e. The molecular weight excluding hydrogens is 593 g/mol. The van der Waals surface area contributed by atoms with Gasteiger partial charge in [-0.1, -0.05) is 29.8 Å². The molecule has 1 aromatic heterocycles. The van der Waals surface area contributed by atoms with E-state index in [1.165, 1.54) is 19.2 Å². The minimum absolute atomic E-state index is 0.00434. The molecule has 0 aliphatic carbocycles. The van der Waals surface area contributed by atoms with E-state index in [-0.39, 0.29) is 18.1 Å². The molecule has 8 nitrogen and oxygen atoms in total. The van der Waals surface area contributed by atoms with Crippen molar-refractivity contribution in [2.75, 3.05) is 50.6 Å². The third kappa shape index (κ3) is 5.64. The van der Waals surface area contributed by atoms with Crippen molar-refractivity contribution in [2.24, 2.45) is 0 Å². The van der Waals surface area contributed by atoms with E-state index in [4.69, 9.17) is 21.1 Å². The Morgan fingerprint density at radius 1 is 1.10 bits per heavy atom. The van der Waals surface area contributed by atoms with Crippen LogP contribution in [0, 0.1) is 17.6 Å². The smallest absolute Gasteiger partial charge is 0.271 e. The molecule has 1 aliphatic rings. The Bertz CT molecular complexity index is 1560. The fourth-order valence-electron chi connectivity index (χ4n) is 5.18. The molecule has 4 rings (SSSR count). The lowest BCUT2D eigenvalue weighted by Gasteiger charge is -2.47. The van der Waals surface area contributed by atoms with E-state index in [2.05, 4.69) is 4.98 Å². The van der Waals surface area contributed by atoms with Crippen LogP contribution >= 0.6 is 11.6 Å². The first-order valence-electron chi connectivity index (χ1n) is 13.1. The molecule has 0 saturated carbocycles. The third-order valence-corrected chi connectivity index (χ3v) is 10.4. The lowest BCUT2D eigenvalue weighted by Crippen LogP contribution is -2.60. The van der Waals surface area contributed by atoms with Crippen molar-refractivity contribution in [3.05, 3.63) is 76.7 Å². The van der Waals surface area contributed by atoms with Gasteiger partial charge < -0.3 is 19.3 Å². The SMILES string of the molecule is COc1ccc(CN(c2cccc(F)n2)S(=O)(=O)c2c(F)cc(N3CCC(OC)(C(C)(C)N(C)C)C3)c(Cl)c2F)cc1. The predicted octanol–water partition coefficient (Wildman–Crippen LogP) is 5.49. The number of hydrogen-bond acceptors (Lipinski definition) is 7. The van der Waals surface area contributed by atoms with Crippen molar-refractivity contribution in [3.8, 4) is 5.75 Å². The zero-order valence-corrected chi connectivity index (χ0v) is 25.9. The van der Waals surface area contributed by atoms with Crippen molar-refractivity contribution >= 4 is 33.1 Å². The van der Waals surface area contributed by atoms with Gasteiger partial charge in [-0.05, 0) is 64.2 Å². The van der Waals surface area contributed by atoms with Crippen LogP contribution in [-0.4, -0.2) is 70.8 Å². The molecule has 0 bridgehead atoms. The van der Waals surface area contributed by atoms with Crippen LogP contribution in [0.4, 0.5) is 24.7 Å². The van der Waals surface area contributed by atoms with E-state index in [0.717, 1.165) is 12.1 Å². The third-order valence-electron chi connectivity index (χ3n) is 8.28. The molecule has 3 aromatic rings. The number of halogens is 4. The highest BCUT2D eigenvalue weighted by molar-refractivity contribution is 7.92. The van der Waals surface area contributed by atoms with Crippen LogP contribution in [0.25, 0.3) is 0 Å². The van der Waals surface area contributed by atoms with E-state index in [9.17, 15) is 12.8 Å². The summed E-state index contributed by atoms with van der Waals surface area (Å²) in [6.07, 6.45) is 0.537. The molecule has 2 heterocycles. The van der Waals surface area contributed by atoms with Crippen LogP contribution in [0.1, 0.15) is 25.8 Å². The zero-order chi connectivity index (χ0) is 31.0. The molecular formula is C29H34ClF3N4O4S. The Balaban J connectivity index is 1.77. The molecule has 0 spiro atoms. The first-order chi connectivity index (χ1) is 19.7. The number of aromatic nitrogens is 1. The average molecular weight is 627 g/mol. The topological polar surface area (TPSA) is 75.2 Å². The second-order valence-electron chi connectivity index (χ2n) is 10.8. The largest absolute Gasteiger partial charge is 0.497 e. The van der Waals surface area contributed by atoms with Gasteiger partial charge in [-0.15, -0.1) is 0 Å². The molecule has 228 valence electrons. The van der Waals surface area contributed by atoms with Crippen LogP contribution in [0.15, 0.2) is 53.4 Å². The molecule has 13 heteroatoms. The summed E-state index contributed by atoms with van der Waals surface area (Å²) in [7, 11) is 1.91. The van der Waals surface area contributed by atoms with Gasteiger partial charge in [0.25, 0.3) is 10.0 Å². The Hall–Kier alpha value is -3.06. The van der Waals surface area contributed by atoms with Gasteiger partial charge in [0.15, 0.2) is 10.7 Å². The molecule has 0 N–H and O–H groups in total. The van der Waals surface area contributed by atoms with E-state index < -0.39 is 55.2 Å². The van der Waals surface area contributed by atoms with Crippen molar-refractivity contribution < 1.29 is 31.1 Å². The Morgan fingerprint density at radius 3 is 2.33 bits per heavy atom. The van der Waals surface area contributed by atoms with Crippen LogP contribution in [0.5, 0.6) is 5.75 Å². The summed E-state index contributed by atoms with van der Waals surface area (Å²) in [5.41, 5.74) is -0.714. The summed E-state index contributed by atoms with van der Waals surface area (Å²) in [5.74, 6) is -3.60. The number of sulfonamides is 1. The summed E-state index contributed by atoms with van der Waals surface area (Å²) >= 11 is 6.43. The van der Waals surface area contributed by atoms with Crippen LogP contribution in [-0.2, 0) is 21.3 Å². The number of rotatable bonds is 10. The van der Waals surface area contributed by atoms with Gasteiger partial charge in [0.1, 0.15) is 28.0 Å². The minimum atomic E-state index is -4.98. The van der Waals surface area contributed by atoms with Gasteiger partial charge >= 0.3 is 0 Å². The van der Waals surface area contributed by atoms with E-state index >= 15 is 8.78 Å². The first kappa shape index (κ1) is 31.9. The molecule has 42 heavy (non-hydrogen) atoms. The van der Waals surface area contributed by atoms with Crippen LogP contribution in [0.3, 0.4) is 0 Å². The standard InChI is InChI=1S/C29H34ClF3N4O4S/c1-28(2,35(3)4)29(41-6)14-15-36(18-29)22-16-21(31)27(26(33)25(22)30)42(38,39)37(24-9-7-8-23(32)34-24)17-19-10-12-20(40-5)13-11-19/h7-13,16H,14-15,17-18H2,1-6H3. The highest BCUT2D eigenvalue weighted by Crippen LogP contribution is 2.43. The lowest BCUT2D eigenvalue weighted by molar-refractivity contribution is -0.0939. The molecule has 1 aliphatic heterocycles. The number of likely N-dealkylation sites (N-methyl/N-ethyl adjacent to an activating group) is 1. The van der Waals surface area contributed by atoms with Crippen molar-refractivity contribution in [2.45, 2.75) is 42.8 Å². The van der Waals surface area contributed by atoms with Crippen LogP contribution < -0.4 is 13.9 Å². The number of hydrogen-bond donors (Lipinski definition) is 0. The van der Waals surface area contributed by atoms with E-state index in [0.29, 0.717) is 28.6 Å². The van der Waals surface area contributed by atoms with Gasteiger partial charge in [-0.25, -0.2) is 26.5 Å². The molecule has 0 radical (unpaired) electrons. The first-order valence-corrected chi connectivity index (χ1v) is 14.9. The number of nitrogens with zero attached hydrogens (tertiary/aromatic N) is 4. The maximum Gasteiger partial charge on any atom is 0.271 e. The Morgan fingerprint density at radius 2 is 1.76 bits per heavy atom. The summed E-state index contributed by atoms with van der Waals surface area (Å²) in [5, 5.41) is -0.555. The second-order valence-corrected chi connectivity index (χ2v) is 13.0. The Labute approximate surface area is 249 Å². The van der Waals surface area contributed by atoms with Crippen molar-refractivity contribution in [1.29, 1.82) is 0 Å². The van der Waals surface area contributed by atoms with E-state index in [1.807, 2.05) is 32.8 Å². The molecule has 1 unspecified atom stereocenters. The normalized spacial score (nSPS) is 17.6. The Kier molecular flexibility index (Phi) is 9.03. The molecule has 2 aromatic carbocycles. The van der Waals surface area contributed by atoms with E-state index in [1.54, 1.807) is 36.3 Å². The maximum absolute atomic E-state index is 15.9. The predicted molar refractivity (Wildman–Crippen MR) is 156 cm³/mol. The lowest BCUT2D eigenvalue weighted by atomic mass is 9.80. The summed E-state index contributed by atoms with van der Waals surface area (Å²) in [6, 6.07) is 10.8. The van der Waals surface area contributed by atoms with Gasteiger partial charge in [0.2, 0.25) is 5.95 Å². The number of ether oxygens (including phenoxy) is 2. The average Bonchev–Trinajstić information content (AvgIpc) is 3.40. The van der Waals surface area contributed by atoms with Crippen molar-refractivity contribution in [3.63, 3.8) is 0 Å². The van der Waals surface area contributed by atoms with Gasteiger partial charge in [0.05, 0.1) is 19.3 Å². The number of pyridine rings is 1. The monoisotopic (exact) mass is 626 g/mol. The van der Waals surface area contributed by atoms with Crippen molar-refractivity contribution in [1.82, 2.24) is 9.88 Å². The molecule has 1 saturated heterocycles. The number of methoxy groups -OCH3 is 2. The molecule has 1 fully saturated rings. The second kappa shape index (κ2) is 11.9. The zero-order valence-electron chi connectivity index (χ0n) is 24.3.